The first-order valence-corrected chi connectivity index (χ1v) is 8.09. The Bertz CT molecular complexity index is 608. The molecule has 1 aliphatic rings. The van der Waals surface area contributed by atoms with Crippen molar-refractivity contribution in [1.82, 2.24) is 14.5 Å². The molecular formula is C15H19Cl2N3. The van der Waals surface area contributed by atoms with Crippen molar-refractivity contribution in [3.05, 3.63) is 29.0 Å². The number of benzene rings is 1. The Morgan fingerprint density at radius 2 is 2.25 bits per heavy atom. The van der Waals surface area contributed by atoms with Crippen LogP contribution in [-0.2, 0) is 5.88 Å². The molecule has 0 N–H and O–H groups in total. The van der Waals surface area contributed by atoms with Crippen LogP contribution < -0.4 is 0 Å². The first kappa shape index (κ1) is 14.2. The number of hydrogen-bond donors (Lipinski definition) is 0. The number of nitrogens with zero attached hydrogens (tertiary/aromatic N) is 3. The van der Waals surface area contributed by atoms with Gasteiger partial charge >= 0.3 is 0 Å². The van der Waals surface area contributed by atoms with Gasteiger partial charge in [0.15, 0.2) is 0 Å². The molecule has 1 atom stereocenters. The SMILES string of the molecule is CCN1CCCC(n2c(CCl)nc3cccc(Cl)c32)C1. The first-order valence-electron chi connectivity index (χ1n) is 7.18. The second-order valence-electron chi connectivity index (χ2n) is 5.33. The van der Waals surface area contributed by atoms with Crippen molar-refractivity contribution < 1.29 is 0 Å². The first-order chi connectivity index (χ1) is 9.74. The van der Waals surface area contributed by atoms with E-state index in [1.54, 1.807) is 0 Å². The Balaban J connectivity index is 2.09. The molecule has 0 aliphatic carbocycles. The topological polar surface area (TPSA) is 21.1 Å². The molecular weight excluding hydrogens is 293 g/mol. The molecule has 0 radical (unpaired) electrons. The third-order valence-corrected chi connectivity index (χ3v) is 4.69. The Kier molecular flexibility index (Phi) is 4.20. The van der Waals surface area contributed by atoms with Crippen LogP contribution in [0.2, 0.25) is 5.02 Å². The Hall–Kier alpha value is -0.770. The fourth-order valence-electron chi connectivity index (χ4n) is 3.17. The van der Waals surface area contributed by atoms with E-state index in [1.165, 1.54) is 13.0 Å². The summed E-state index contributed by atoms with van der Waals surface area (Å²) in [6.07, 6.45) is 2.38. The summed E-state index contributed by atoms with van der Waals surface area (Å²) in [5, 5.41) is 0.764. The number of halogens is 2. The summed E-state index contributed by atoms with van der Waals surface area (Å²) in [5.41, 5.74) is 1.98. The molecule has 0 saturated carbocycles. The number of imidazole rings is 1. The number of para-hydroxylation sites is 1. The van der Waals surface area contributed by atoms with Crippen LogP contribution in [0.3, 0.4) is 0 Å². The fraction of sp³-hybridized carbons (Fsp3) is 0.533. The molecule has 1 unspecified atom stereocenters. The zero-order valence-electron chi connectivity index (χ0n) is 11.6. The van der Waals surface area contributed by atoms with Gasteiger partial charge in [0.2, 0.25) is 0 Å². The van der Waals surface area contributed by atoms with Crippen LogP contribution in [0, 0.1) is 0 Å². The van der Waals surface area contributed by atoms with Gasteiger partial charge in [-0.25, -0.2) is 4.98 Å². The van der Waals surface area contributed by atoms with Crippen LogP contribution in [0.15, 0.2) is 18.2 Å². The molecule has 0 bridgehead atoms. The maximum absolute atomic E-state index is 6.40. The maximum Gasteiger partial charge on any atom is 0.125 e. The van der Waals surface area contributed by atoms with Crippen molar-refractivity contribution in [2.45, 2.75) is 31.7 Å². The highest BCUT2D eigenvalue weighted by molar-refractivity contribution is 6.35. The van der Waals surface area contributed by atoms with Gasteiger partial charge in [-0.05, 0) is 38.1 Å². The average Bonchev–Trinajstić information content (AvgIpc) is 2.87. The lowest BCUT2D eigenvalue weighted by Crippen LogP contribution is -2.36. The molecule has 0 amide bonds. The van der Waals surface area contributed by atoms with Crippen molar-refractivity contribution in [3.63, 3.8) is 0 Å². The highest BCUT2D eigenvalue weighted by atomic mass is 35.5. The number of alkyl halides is 1. The average molecular weight is 312 g/mol. The minimum absolute atomic E-state index is 0.419. The van der Waals surface area contributed by atoms with E-state index in [0.717, 1.165) is 41.4 Å². The smallest absolute Gasteiger partial charge is 0.125 e. The second kappa shape index (κ2) is 5.92. The lowest BCUT2D eigenvalue weighted by Gasteiger charge is -2.33. The number of aromatic nitrogens is 2. The number of rotatable bonds is 3. The number of likely N-dealkylation sites (tertiary alicyclic amines) is 1. The molecule has 3 rings (SSSR count). The van der Waals surface area contributed by atoms with Crippen LogP contribution in [0.1, 0.15) is 31.6 Å². The normalized spacial score (nSPS) is 20.6. The van der Waals surface area contributed by atoms with E-state index < -0.39 is 0 Å². The summed E-state index contributed by atoms with van der Waals surface area (Å²) < 4.78 is 2.27. The van der Waals surface area contributed by atoms with Crippen LogP contribution in [-0.4, -0.2) is 34.1 Å². The van der Waals surface area contributed by atoms with Crippen molar-refractivity contribution in [1.29, 1.82) is 0 Å². The van der Waals surface area contributed by atoms with E-state index >= 15 is 0 Å². The van der Waals surface area contributed by atoms with Gasteiger partial charge in [-0.15, -0.1) is 11.6 Å². The lowest BCUT2D eigenvalue weighted by molar-refractivity contribution is 0.186. The molecule has 20 heavy (non-hydrogen) atoms. The summed E-state index contributed by atoms with van der Waals surface area (Å²) in [6.45, 7) is 5.54. The summed E-state index contributed by atoms with van der Waals surface area (Å²) in [6, 6.07) is 6.30. The molecule has 2 heterocycles. The van der Waals surface area contributed by atoms with Crippen molar-refractivity contribution in [2.75, 3.05) is 19.6 Å². The number of fused-ring (bicyclic) bond motifs is 1. The monoisotopic (exact) mass is 311 g/mol. The standard InChI is InChI=1S/C15H19Cl2N3/c1-2-19-8-4-5-11(10-19)20-14(9-16)18-13-7-3-6-12(17)15(13)20/h3,6-7,11H,2,4-5,8-10H2,1H3. The Labute approximate surface area is 129 Å². The van der Waals surface area contributed by atoms with E-state index in [-0.39, 0.29) is 0 Å². The largest absolute Gasteiger partial charge is 0.321 e. The Morgan fingerprint density at radius 3 is 3.00 bits per heavy atom. The number of piperidine rings is 1. The molecule has 2 aromatic rings. The van der Waals surface area contributed by atoms with Crippen molar-refractivity contribution in [3.8, 4) is 0 Å². The molecule has 108 valence electrons. The van der Waals surface area contributed by atoms with E-state index in [2.05, 4.69) is 21.4 Å². The highest BCUT2D eigenvalue weighted by Crippen LogP contribution is 2.32. The number of likely N-dealkylation sites (N-methyl/N-ethyl adjacent to an activating group) is 1. The van der Waals surface area contributed by atoms with Gasteiger partial charge in [0.05, 0.1) is 21.9 Å². The van der Waals surface area contributed by atoms with Crippen LogP contribution in [0.5, 0.6) is 0 Å². The predicted octanol–water partition coefficient (Wildman–Crippen LogP) is 4.09. The summed E-state index contributed by atoms with van der Waals surface area (Å²) in [7, 11) is 0. The zero-order valence-corrected chi connectivity index (χ0v) is 13.2. The third-order valence-electron chi connectivity index (χ3n) is 4.15. The molecule has 0 spiro atoms. The van der Waals surface area contributed by atoms with E-state index in [9.17, 15) is 0 Å². The Morgan fingerprint density at radius 1 is 1.40 bits per heavy atom. The van der Waals surface area contributed by atoms with Gasteiger partial charge in [0.25, 0.3) is 0 Å². The second-order valence-corrected chi connectivity index (χ2v) is 6.00. The van der Waals surface area contributed by atoms with Crippen LogP contribution in [0.4, 0.5) is 0 Å². The molecule has 3 nitrogen and oxygen atoms in total. The molecule has 1 aromatic heterocycles. The summed E-state index contributed by atoms with van der Waals surface area (Å²) >= 11 is 12.5. The van der Waals surface area contributed by atoms with Crippen LogP contribution in [0.25, 0.3) is 11.0 Å². The van der Waals surface area contributed by atoms with E-state index in [4.69, 9.17) is 23.2 Å². The van der Waals surface area contributed by atoms with E-state index in [0.29, 0.717) is 11.9 Å². The molecule has 1 aliphatic heterocycles. The van der Waals surface area contributed by atoms with Crippen molar-refractivity contribution in [2.24, 2.45) is 0 Å². The highest BCUT2D eigenvalue weighted by Gasteiger charge is 2.25. The minimum atomic E-state index is 0.419. The van der Waals surface area contributed by atoms with E-state index in [1.807, 2.05) is 18.2 Å². The van der Waals surface area contributed by atoms with Gasteiger partial charge in [-0.3, -0.25) is 0 Å². The van der Waals surface area contributed by atoms with Gasteiger partial charge in [0.1, 0.15) is 5.82 Å². The fourth-order valence-corrected chi connectivity index (χ4v) is 3.62. The van der Waals surface area contributed by atoms with Gasteiger partial charge in [-0.2, -0.15) is 0 Å². The predicted molar refractivity (Wildman–Crippen MR) is 84.7 cm³/mol. The molecule has 1 saturated heterocycles. The summed E-state index contributed by atoms with van der Waals surface area (Å²) in [5.74, 6) is 1.35. The van der Waals surface area contributed by atoms with Gasteiger partial charge in [-0.1, -0.05) is 24.6 Å². The quantitative estimate of drug-likeness (QED) is 0.796. The molecule has 5 heteroatoms. The molecule has 1 fully saturated rings. The zero-order chi connectivity index (χ0) is 14.1. The minimum Gasteiger partial charge on any atom is -0.321 e. The lowest BCUT2D eigenvalue weighted by atomic mass is 10.1. The van der Waals surface area contributed by atoms with Gasteiger partial charge < -0.3 is 9.47 Å². The number of hydrogen-bond acceptors (Lipinski definition) is 2. The summed E-state index contributed by atoms with van der Waals surface area (Å²) in [4.78, 5) is 7.13. The van der Waals surface area contributed by atoms with Crippen LogP contribution >= 0.6 is 23.2 Å². The van der Waals surface area contributed by atoms with Gasteiger partial charge in [0, 0.05) is 12.6 Å². The van der Waals surface area contributed by atoms with Crippen molar-refractivity contribution >= 4 is 34.2 Å². The maximum atomic E-state index is 6.40. The molecule has 1 aromatic carbocycles. The third kappa shape index (κ3) is 2.43.